The van der Waals surface area contributed by atoms with Crippen LogP contribution < -0.4 is 15.4 Å². The summed E-state index contributed by atoms with van der Waals surface area (Å²) in [7, 11) is -3.42. The minimum atomic E-state index is -3.42. The van der Waals surface area contributed by atoms with Crippen molar-refractivity contribution < 1.29 is 13.2 Å². The van der Waals surface area contributed by atoms with E-state index in [2.05, 4.69) is 15.4 Å². The average molecular weight is 376 g/mol. The topological polar surface area (TPSA) is 87.3 Å². The van der Waals surface area contributed by atoms with Gasteiger partial charge in [0.2, 0.25) is 10.0 Å². The third-order valence-corrected chi connectivity index (χ3v) is 5.34. The smallest absolute Gasteiger partial charge is 0.253 e. The third kappa shape index (κ3) is 6.30. The number of carbonyl (C=O) groups is 1. The van der Waals surface area contributed by atoms with E-state index in [4.69, 9.17) is 0 Å². The molecule has 1 unspecified atom stereocenters. The monoisotopic (exact) mass is 375 g/mol. The van der Waals surface area contributed by atoms with Crippen molar-refractivity contribution in [3.05, 3.63) is 29.8 Å². The number of amides is 1. The van der Waals surface area contributed by atoms with Crippen molar-refractivity contribution in [1.29, 1.82) is 0 Å². The van der Waals surface area contributed by atoms with E-state index in [0.717, 1.165) is 25.9 Å². The van der Waals surface area contributed by atoms with Crippen LogP contribution in [0.4, 0.5) is 5.69 Å². The molecule has 2 rings (SSSR count). The van der Waals surface area contributed by atoms with Crippen molar-refractivity contribution in [1.82, 2.24) is 10.6 Å². The van der Waals surface area contributed by atoms with Gasteiger partial charge >= 0.3 is 0 Å². The summed E-state index contributed by atoms with van der Waals surface area (Å²) < 4.78 is 26.4. The fraction of sp³-hybridized carbons (Fsp3) is 0.562. The lowest BCUT2D eigenvalue weighted by Crippen LogP contribution is -2.38. The Morgan fingerprint density at radius 2 is 2.08 bits per heavy atom. The maximum absolute atomic E-state index is 12.4. The van der Waals surface area contributed by atoms with Crippen molar-refractivity contribution in [3.63, 3.8) is 0 Å². The van der Waals surface area contributed by atoms with E-state index < -0.39 is 10.0 Å². The largest absolute Gasteiger partial charge is 0.352 e. The molecule has 8 heteroatoms. The second kappa shape index (κ2) is 9.86. The molecule has 1 fully saturated rings. The molecule has 0 spiro atoms. The lowest BCUT2D eigenvalue weighted by molar-refractivity contribution is 0.0945. The summed E-state index contributed by atoms with van der Waals surface area (Å²) in [4.78, 5) is 12.4. The molecule has 0 saturated carbocycles. The number of carbonyl (C=O) groups excluding carboxylic acids is 1. The lowest BCUT2D eigenvalue weighted by atomic mass is 9.99. The van der Waals surface area contributed by atoms with Crippen LogP contribution in [0.1, 0.15) is 36.5 Å². The van der Waals surface area contributed by atoms with Crippen molar-refractivity contribution in [2.75, 3.05) is 30.1 Å². The number of anilines is 1. The molecular formula is C16H26ClN3O3S. The van der Waals surface area contributed by atoms with Gasteiger partial charge < -0.3 is 10.6 Å². The van der Waals surface area contributed by atoms with Crippen LogP contribution in [0.2, 0.25) is 0 Å². The SMILES string of the molecule is CCCS(=O)(=O)Nc1ccccc1C(=O)NCC1CCCNC1.Cl. The quantitative estimate of drug-likeness (QED) is 0.680. The van der Waals surface area contributed by atoms with Gasteiger partial charge in [0.15, 0.2) is 0 Å². The molecule has 1 aliphatic rings. The molecule has 24 heavy (non-hydrogen) atoms. The number of nitrogens with one attached hydrogen (secondary N) is 3. The van der Waals surface area contributed by atoms with Crippen molar-refractivity contribution >= 4 is 34.0 Å². The van der Waals surface area contributed by atoms with Crippen LogP contribution in [0.15, 0.2) is 24.3 Å². The van der Waals surface area contributed by atoms with Crippen LogP contribution >= 0.6 is 12.4 Å². The van der Waals surface area contributed by atoms with Gasteiger partial charge in [-0.2, -0.15) is 0 Å². The van der Waals surface area contributed by atoms with Crippen LogP contribution in [0, 0.1) is 5.92 Å². The Morgan fingerprint density at radius 3 is 2.75 bits per heavy atom. The maximum Gasteiger partial charge on any atom is 0.253 e. The molecule has 1 aromatic rings. The molecule has 0 radical (unpaired) electrons. The van der Waals surface area contributed by atoms with E-state index in [9.17, 15) is 13.2 Å². The van der Waals surface area contributed by atoms with Gasteiger partial charge in [0.05, 0.1) is 17.0 Å². The van der Waals surface area contributed by atoms with Gasteiger partial charge in [-0.3, -0.25) is 9.52 Å². The number of halogens is 1. The summed E-state index contributed by atoms with van der Waals surface area (Å²) in [6.07, 6.45) is 2.74. The number of benzene rings is 1. The van der Waals surface area contributed by atoms with Crippen LogP contribution in [-0.4, -0.2) is 39.7 Å². The highest BCUT2D eigenvalue weighted by molar-refractivity contribution is 7.92. The van der Waals surface area contributed by atoms with E-state index in [-0.39, 0.29) is 24.1 Å². The Hall–Kier alpha value is -1.31. The minimum Gasteiger partial charge on any atom is -0.352 e. The normalized spacial score (nSPS) is 17.6. The van der Waals surface area contributed by atoms with E-state index in [1.54, 1.807) is 31.2 Å². The molecule has 0 bridgehead atoms. The average Bonchev–Trinajstić information content (AvgIpc) is 2.53. The number of para-hydroxylation sites is 1. The number of sulfonamides is 1. The Morgan fingerprint density at radius 1 is 1.33 bits per heavy atom. The second-order valence-corrected chi connectivity index (χ2v) is 7.73. The first-order valence-electron chi connectivity index (χ1n) is 8.10. The van der Waals surface area contributed by atoms with Gasteiger partial charge in [0, 0.05) is 6.54 Å². The third-order valence-electron chi connectivity index (χ3n) is 3.86. The molecule has 0 aromatic heterocycles. The zero-order valence-electron chi connectivity index (χ0n) is 13.9. The van der Waals surface area contributed by atoms with Gasteiger partial charge in [0.1, 0.15) is 0 Å². The second-order valence-electron chi connectivity index (χ2n) is 5.89. The van der Waals surface area contributed by atoms with Gasteiger partial charge in [-0.05, 0) is 50.4 Å². The summed E-state index contributed by atoms with van der Waals surface area (Å²) >= 11 is 0. The molecular weight excluding hydrogens is 350 g/mol. The summed E-state index contributed by atoms with van der Waals surface area (Å²) in [6, 6.07) is 6.70. The fourth-order valence-corrected chi connectivity index (χ4v) is 3.84. The van der Waals surface area contributed by atoms with Crippen molar-refractivity contribution in [3.8, 4) is 0 Å². The fourth-order valence-electron chi connectivity index (χ4n) is 2.69. The van der Waals surface area contributed by atoms with Crippen LogP contribution in [0.3, 0.4) is 0 Å². The molecule has 1 saturated heterocycles. The molecule has 1 amide bonds. The molecule has 0 aliphatic carbocycles. The van der Waals surface area contributed by atoms with E-state index >= 15 is 0 Å². The Balaban J connectivity index is 0.00000288. The maximum atomic E-state index is 12.4. The van der Waals surface area contributed by atoms with Gasteiger partial charge in [-0.25, -0.2) is 8.42 Å². The highest BCUT2D eigenvalue weighted by Gasteiger charge is 2.18. The molecule has 1 heterocycles. The predicted octanol–water partition coefficient (Wildman–Crippen LogP) is 1.99. The van der Waals surface area contributed by atoms with E-state index in [1.807, 2.05) is 0 Å². The summed E-state index contributed by atoms with van der Waals surface area (Å²) in [5.41, 5.74) is 0.691. The molecule has 1 aliphatic heterocycles. The lowest BCUT2D eigenvalue weighted by Gasteiger charge is -2.23. The van der Waals surface area contributed by atoms with Crippen molar-refractivity contribution in [2.24, 2.45) is 5.92 Å². The standard InChI is InChI=1S/C16H25N3O3S.ClH/c1-2-10-23(21,22)19-15-8-4-3-7-14(15)16(20)18-12-13-6-5-9-17-11-13;/h3-4,7-8,13,17,19H,2,5-6,9-12H2,1H3,(H,18,20);1H. The zero-order chi connectivity index (χ0) is 16.7. The Kier molecular flexibility index (Phi) is 8.52. The predicted molar refractivity (Wildman–Crippen MR) is 99.3 cm³/mol. The molecule has 136 valence electrons. The number of hydrogen-bond acceptors (Lipinski definition) is 4. The van der Waals surface area contributed by atoms with Gasteiger partial charge in [-0.1, -0.05) is 19.1 Å². The first-order valence-corrected chi connectivity index (χ1v) is 9.75. The van der Waals surface area contributed by atoms with Gasteiger partial charge in [-0.15, -0.1) is 12.4 Å². The zero-order valence-corrected chi connectivity index (χ0v) is 15.5. The summed E-state index contributed by atoms with van der Waals surface area (Å²) in [5, 5.41) is 6.22. The summed E-state index contributed by atoms with van der Waals surface area (Å²) in [5.74, 6) is 0.221. The van der Waals surface area contributed by atoms with E-state index in [0.29, 0.717) is 30.1 Å². The number of hydrogen-bond donors (Lipinski definition) is 3. The van der Waals surface area contributed by atoms with E-state index in [1.165, 1.54) is 0 Å². The summed E-state index contributed by atoms with van der Waals surface area (Å²) in [6.45, 7) is 4.34. The molecule has 3 N–H and O–H groups in total. The van der Waals surface area contributed by atoms with Crippen LogP contribution in [0.25, 0.3) is 0 Å². The number of piperidine rings is 1. The molecule has 1 aromatic carbocycles. The highest BCUT2D eigenvalue weighted by Crippen LogP contribution is 2.17. The first-order chi connectivity index (χ1) is 11.0. The minimum absolute atomic E-state index is 0. The molecule has 6 nitrogen and oxygen atoms in total. The first kappa shape index (κ1) is 20.7. The number of rotatable bonds is 7. The van der Waals surface area contributed by atoms with Crippen LogP contribution in [0.5, 0.6) is 0 Å². The highest BCUT2D eigenvalue weighted by atomic mass is 35.5. The van der Waals surface area contributed by atoms with Crippen LogP contribution in [-0.2, 0) is 10.0 Å². The van der Waals surface area contributed by atoms with Gasteiger partial charge in [0.25, 0.3) is 5.91 Å². The Bertz CT molecular complexity index is 631. The Labute approximate surface area is 150 Å². The molecule has 1 atom stereocenters. The van der Waals surface area contributed by atoms with Crippen molar-refractivity contribution in [2.45, 2.75) is 26.2 Å².